The summed E-state index contributed by atoms with van der Waals surface area (Å²) in [4.78, 5) is 35.2. The molecule has 0 spiro atoms. The number of ether oxygens (including phenoxy) is 2. The van der Waals surface area contributed by atoms with Crippen LogP contribution < -0.4 is 10.6 Å². The van der Waals surface area contributed by atoms with Gasteiger partial charge in [-0.25, -0.2) is 4.79 Å². The summed E-state index contributed by atoms with van der Waals surface area (Å²) in [6, 6.07) is 15.8. The van der Waals surface area contributed by atoms with E-state index >= 15 is 0 Å². The molecule has 0 saturated carbocycles. The summed E-state index contributed by atoms with van der Waals surface area (Å²) in [6.07, 6.45) is -1.29. The average Bonchev–Trinajstić information content (AvgIpc) is 3.10. The summed E-state index contributed by atoms with van der Waals surface area (Å²) in [7, 11) is 1.37. The van der Waals surface area contributed by atoms with Crippen molar-refractivity contribution in [2.75, 3.05) is 20.3 Å². The second-order valence-electron chi connectivity index (χ2n) is 7.77. The molecule has 0 aliphatic heterocycles. The molecule has 8 heteroatoms. The first-order valence-corrected chi connectivity index (χ1v) is 10.5. The third-order valence-corrected chi connectivity index (χ3v) is 5.53. The quantitative estimate of drug-likeness (QED) is 0.524. The Morgan fingerprint density at radius 2 is 1.62 bits per heavy atom. The van der Waals surface area contributed by atoms with E-state index in [2.05, 4.69) is 22.8 Å². The van der Waals surface area contributed by atoms with E-state index in [9.17, 15) is 14.4 Å². The van der Waals surface area contributed by atoms with Crippen molar-refractivity contribution in [3.63, 3.8) is 0 Å². The van der Waals surface area contributed by atoms with Gasteiger partial charge in [0.15, 0.2) is 6.10 Å². The lowest BCUT2D eigenvalue weighted by Gasteiger charge is -2.20. The van der Waals surface area contributed by atoms with Gasteiger partial charge in [0, 0.05) is 25.5 Å². The molecule has 2 atom stereocenters. The molecule has 3 N–H and O–H groups in total. The lowest BCUT2D eigenvalue weighted by atomic mass is 9.98. The molecule has 2 aromatic carbocycles. The molecule has 0 bridgehead atoms. The molecule has 2 amide bonds. The molecule has 0 saturated heterocycles. The zero-order valence-corrected chi connectivity index (χ0v) is 18.2. The molecule has 8 nitrogen and oxygen atoms in total. The van der Waals surface area contributed by atoms with Crippen molar-refractivity contribution < 1.29 is 29.0 Å². The van der Waals surface area contributed by atoms with Crippen LogP contribution in [0.1, 0.15) is 36.8 Å². The van der Waals surface area contributed by atoms with Crippen LogP contribution in [0.3, 0.4) is 0 Å². The van der Waals surface area contributed by atoms with Crippen LogP contribution in [0.5, 0.6) is 0 Å². The summed E-state index contributed by atoms with van der Waals surface area (Å²) in [5.41, 5.74) is 4.52. The summed E-state index contributed by atoms with van der Waals surface area (Å²) < 4.78 is 10.6. The molecular weight excluding hydrogens is 412 g/mol. The smallest absolute Gasteiger partial charge is 0.407 e. The van der Waals surface area contributed by atoms with Gasteiger partial charge in [-0.15, -0.1) is 0 Å². The molecule has 1 aliphatic rings. The maximum atomic E-state index is 12.3. The molecule has 32 heavy (non-hydrogen) atoms. The first kappa shape index (κ1) is 23.3. The fraction of sp³-hybridized carbons (Fsp3) is 0.375. The van der Waals surface area contributed by atoms with Gasteiger partial charge in [-0.3, -0.25) is 9.59 Å². The average molecular weight is 440 g/mol. The minimum Gasteiger partial charge on any atom is -0.481 e. The molecule has 1 aliphatic carbocycles. The summed E-state index contributed by atoms with van der Waals surface area (Å²) in [5, 5.41) is 14.0. The maximum absolute atomic E-state index is 12.3. The number of rotatable bonds is 10. The van der Waals surface area contributed by atoms with E-state index < -0.39 is 24.1 Å². The third-order valence-electron chi connectivity index (χ3n) is 5.53. The Labute approximate surface area is 186 Å². The minimum absolute atomic E-state index is 0.0445. The minimum atomic E-state index is -0.925. The van der Waals surface area contributed by atoms with Crippen molar-refractivity contribution in [3.05, 3.63) is 59.7 Å². The van der Waals surface area contributed by atoms with Crippen molar-refractivity contribution >= 4 is 18.0 Å². The van der Waals surface area contributed by atoms with E-state index in [1.807, 2.05) is 36.4 Å². The molecule has 2 aromatic rings. The second-order valence-corrected chi connectivity index (χ2v) is 7.77. The number of benzene rings is 2. The number of fused-ring (bicyclic) bond motifs is 3. The van der Waals surface area contributed by atoms with Gasteiger partial charge in [-0.05, 0) is 35.6 Å². The Bertz CT molecular complexity index is 931. The van der Waals surface area contributed by atoms with Crippen LogP contribution in [0.15, 0.2) is 48.5 Å². The fourth-order valence-corrected chi connectivity index (χ4v) is 3.86. The number of alkyl carbamates (subject to hydrolysis) is 1. The molecule has 0 radical (unpaired) electrons. The van der Waals surface area contributed by atoms with Gasteiger partial charge >= 0.3 is 12.1 Å². The number of carboxylic acids is 1. The van der Waals surface area contributed by atoms with Gasteiger partial charge < -0.3 is 25.2 Å². The Morgan fingerprint density at radius 3 is 2.19 bits per heavy atom. The van der Waals surface area contributed by atoms with Gasteiger partial charge in [-0.2, -0.15) is 0 Å². The van der Waals surface area contributed by atoms with Gasteiger partial charge in [0.05, 0.1) is 6.54 Å². The van der Waals surface area contributed by atoms with Crippen LogP contribution in [0, 0.1) is 0 Å². The van der Waals surface area contributed by atoms with Crippen molar-refractivity contribution in [2.24, 2.45) is 0 Å². The zero-order valence-electron chi connectivity index (χ0n) is 18.2. The second kappa shape index (κ2) is 10.8. The van der Waals surface area contributed by atoms with Crippen LogP contribution in [-0.4, -0.2) is 55.5 Å². The van der Waals surface area contributed by atoms with Gasteiger partial charge in [0.2, 0.25) is 0 Å². The predicted molar refractivity (Wildman–Crippen MR) is 118 cm³/mol. The monoisotopic (exact) mass is 440 g/mol. The highest BCUT2D eigenvalue weighted by molar-refractivity contribution is 5.82. The van der Waals surface area contributed by atoms with Gasteiger partial charge in [-0.1, -0.05) is 48.5 Å². The number of carbonyl (C=O) groups excluding carboxylic acids is 2. The zero-order chi connectivity index (χ0) is 23.1. The van der Waals surface area contributed by atoms with E-state index in [-0.39, 0.29) is 31.5 Å². The summed E-state index contributed by atoms with van der Waals surface area (Å²) >= 11 is 0. The van der Waals surface area contributed by atoms with E-state index in [0.29, 0.717) is 6.42 Å². The normalized spacial score (nSPS) is 14.1. The van der Waals surface area contributed by atoms with Crippen LogP contribution in [0.2, 0.25) is 0 Å². The largest absolute Gasteiger partial charge is 0.481 e. The molecular formula is C24H28N2O6. The molecule has 0 aromatic heterocycles. The van der Waals surface area contributed by atoms with Crippen LogP contribution >= 0.6 is 0 Å². The third kappa shape index (κ3) is 5.64. The summed E-state index contributed by atoms with van der Waals surface area (Å²) in [5.74, 6) is -1.40. The first-order chi connectivity index (χ1) is 15.4. The van der Waals surface area contributed by atoms with Crippen LogP contribution in [-0.2, 0) is 19.1 Å². The standard InChI is InChI=1S/C24H28N2O6/c1-15(11-12-22(27)28)26-23(29)21(31-2)13-25-24(30)32-14-20-18-9-5-3-7-16(18)17-8-4-6-10-19(17)20/h3-10,15,20-21H,11-14H2,1-2H3,(H,25,30)(H,26,29)(H,27,28). The SMILES string of the molecule is COC(CNC(=O)OCC1c2ccccc2-c2ccccc21)C(=O)NC(C)CCC(=O)O. The fourth-order valence-electron chi connectivity index (χ4n) is 3.86. The van der Waals surface area contributed by atoms with Gasteiger partial charge in [0.25, 0.3) is 5.91 Å². The molecule has 2 unspecified atom stereocenters. The van der Waals surface area contributed by atoms with Gasteiger partial charge in [0.1, 0.15) is 6.61 Å². The number of amides is 2. The van der Waals surface area contributed by atoms with Crippen molar-refractivity contribution in [1.82, 2.24) is 10.6 Å². The van der Waals surface area contributed by atoms with Crippen molar-refractivity contribution in [2.45, 2.75) is 37.8 Å². The Balaban J connectivity index is 1.50. The lowest BCUT2D eigenvalue weighted by molar-refractivity contribution is -0.138. The van der Waals surface area contributed by atoms with E-state index in [1.54, 1.807) is 6.92 Å². The highest BCUT2D eigenvalue weighted by Gasteiger charge is 2.29. The predicted octanol–water partition coefficient (Wildman–Crippen LogP) is 2.91. The Kier molecular flexibility index (Phi) is 7.83. The van der Waals surface area contributed by atoms with Crippen LogP contribution in [0.4, 0.5) is 4.79 Å². The Morgan fingerprint density at radius 1 is 1.03 bits per heavy atom. The van der Waals surface area contributed by atoms with Crippen molar-refractivity contribution in [3.8, 4) is 11.1 Å². The van der Waals surface area contributed by atoms with E-state index in [1.165, 1.54) is 7.11 Å². The lowest BCUT2D eigenvalue weighted by Crippen LogP contribution is -2.46. The number of carbonyl (C=O) groups is 3. The number of carboxylic acid groups (broad SMARTS) is 1. The Hall–Kier alpha value is -3.39. The van der Waals surface area contributed by atoms with E-state index in [0.717, 1.165) is 22.3 Å². The molecule has 0 fully saturated rings. The highest BCUT2D eigenvalue weighted by atomic mass is 16.5. The molecule has 0 heterocycles. The number of methoxy groups -OCH3 is 1. The number of nitrogens with one attached hydrogen (secondary N) is 2. The highest BCUT2D eigenvalue weighted by Crippen LogP contribution is 2.44. The van der Waals surface area contributed by atoms with E-state index in [4.69, 9.17) is 14.6 Å². The summed E-state index contributed by atoms with van der Waals surface area (Å²) in [6.45, 7) is 1.83. The molecule has 170 valence electrons. The number of hydrogen-bond donors (Lipinski definition) is 3. The topological polar surface area (TPSA) is 114 Å². The maximum Gasteiger partial charge on any atom is 0.407 e. The first-order valence-electron chi connectivity index (χ1n) is 10.5. The molecule has 3 rings (SSSR count). The van der Waals surface area contributed by atoms with Crippen molar-refractivity contribution in [1.29, 1.82) is 0 Å². The van der Waals surface area contributed by atoms with Crippen LogP contribution in [0.25, 0.3) is 11.1 Å². The number of hydrogen-bond acceptors (Lipinski definition) is 5. The number of aliphatic carboxylic acids is 1.